The summed E-state index contributed by atoms with van der Waals surface area (Å²) in [7, 11) is 0. The van der Waals surface area contributed by atoms with Gasteiger partial charge in [-0.15, -0.1) is 0 Å². The van der Waals surface area contributed by atoms with E-state index in [1.54, 1.807) is 30.5 Å². The molecule has 4 nitrogen and oxygen atoms in total. The number of carbonyl (C=O) groups excluding carboxylic acids is 1. The second-order valence-corrected chi connectivity index (χ2v) is 4.52. The van der Waals surface area contributed by atoms with Crippen LogP contribution < -0.4 is 5.32 Å². The zero-order valence-electron chi connectivity index (χ0n) is 10.8. The van der Waals surface area contributed by atoms with E-state index in [-0.39, 0.29) is 11.7 Å². The van der Waals surface area contributed by atoms with Gasteiger partial charge in [0, 0.05) is 16.5 Å². The molecular formula is C15H12FN3O. The minimum Gasteiger partial charge on any atom is -0.307 e. The number of anilines is 1. The Bertz CT molecular complexity index is 795. The molecule has 0 radical (unpaired) electrons. The van der Waals surface area contributed by atoms with Crippen LogP contribution in [0.4, 0.5) is 10.2 Å². The van der Waals surface area contributed by atoms with Crippen LogP contribution in [0.5, 0.6) is 0 Å². The number of hydrogen-bond donors (Lipinski definition) is 2. The van der Waals surface area contributed by atoms with Gasteiger partial charge >= 0.3 is 0 Å². The van der Waals surface area contributed by atoms with Gasteiger partial charge in [-0.2, -0.15) is 5.10 Å². The molecule has 0 atom stereocenters. The first kappa shape index (κ1) is 12.3. The smallest absolute Gasteiger partial charge is 0.257 e. The molecule has 3 rings (SSSR count). The molecule has 100 valence electrons. The van der Waals surface area contributed by atoms with Crippen molar-refractivity contribution >= 4 is 22.5 Å². The van der Waals surface area contributed by atoms with Gasteiger partial charge in [-0.05, 0) is 24.4 Å². The number of aromatic amines is 1. The highest BCUT2D eigenvalue weighted by Gasteiger charge is 2.13. The number of aryl methyl sites for hydroxylation is 1. The number of nitrogens with zero attached hydrogens (tertiary/aromatic N) is 1. The predicted molar refractivity (Wildman–Crippen MR) is 75.2 cm³/mol. The van der Waals surface area contributed by atoms with Crippen LogP contribution in [0.3, 0.4) is 0 Å². The summed E-state index contributed by atoms with van der Waals surface area (Å²) >= 11 is 0. The predicted octanol–water partition coefficient (Wildman–Crippen LogP) is 3.26. The van der Waals surface area contributed by atoms with E-state index in [1.165, 1.54) is 12.1 Å². The third-order valence-corrected chi connectivity index (χ3v) is 3.18. The highest BCUT2D eigenvalue weighted by atomic mass is 19.1. The van der Waals surface area contributed by atoms with Crippen molar-refractivity contribution in [2.45, 2.75) is 6.92 Å². The zero-order valence-corrected chi connectivity index (χ0v) is 10.8. The van der Waals surface area contributed by atoms with E-state index in [4.69, 9.17) is 0 Å². The number of rotatable bonds is 2. The summed E-state index contributed by atoms with van der Waals surface area (Å²) in [5, 5.41) is 10.3. The first-order valence-corrected chi connectivity index (χ1v) is 6.15. The highest BCUT2D eigenvalue weighted by Crippen LogP contribution is 2.22. The number of fused-ring (bicyclic) bond motifs is 1. The summed E-state index contributed by atoms with van der Waals surface area (Å²) in [6.07, 6.45) is 1.62. The molecule has 2 aromatic carbocycles. The highest BCUT2D eigenvalue weighted by molar-refractivity contribution is 6.12. The van der Waals surface area contributed by atoms with Crippen LogP contribution in [-0.2, 0) is 0 Å². The van der Waals surface area contributed by atoms with Crippen LogP contribution in [-0.4, -0.2) is 16.1 Å². The summed E-state index contributed by atoms with van der Waals surface area (Å²) in [5.41, 5.74) is 1.26. The molecule has 0 aliphatic heterocycles. The standard InChI is InChI=1S/C15H12FN3O/c1-9-8-17-19-14(9)18-15(20)12-6-7-13(16)11-5-3-2-4-10(11)12/h2-8H,1H3,(H2,17,18,19,20). The van der Waals surface area contributed by atoms with Crippen LogP contribution in [0, 0.1) is 12.7 Å². The average Bonchev–Trinajstić information content (AvgIpc) is 2.85. The van der Waals surface area contributed by atoms with Crippen LogP contribution in [0.25, 0.3) is 10.8 Å². The lowest BCUT2D eigenvalue weighted by Gasteiger charge is -2.08. The van der Waals surface area contributed by atoms with E-state index < -0.39 is 0 Å². The maximum absolute atomic E-state index is 13.7. The molecule has 2 N–H and O–H groups in total. The van der Waals surface area contributed by atoms with Crippen molar-refractivity contribution in [3.05, 3.63) is 59.5 Å². The van der Waals surface area contributed by atoms with E-state index >= 15 is 0 Å². The van der Waals surface area contributed by atoms with Crippen molar-refractivity contribution in [1.29, 1.82) is 0 Å². The number of carbonyl (C=O) groups is 1. The lowest BCUT2D eigenvalue weighted by molar-refractivity contribution is 0.102. The lowest BCUT2D eigenvalue weighted by atomic mass is 10.0. The van der Waals surface area contributed by atoms with E-state index in [0.29, 0.717) is 22.2 Å². The Morgan fingerprint density at radius 1 is 1.20 bits per heavy atom. The molecule has 0 saturated heterocycles. The van der Waals surface area contributed by atoms with Crippen molar-refractivity contribution in [2.75, 3.05) is 5.32 Å². The molecule has 5 heteroatoms. The molecule has 0 spiro atoms. The van der Waals surface area contributed by atoms with Gasteiger partial charge in [0.1, 0.15) is 11.6 Å². The molecule has 1 aromatic heterocycles. The third kappa shape index (κ3) is 2.03. The monoisotopic (exact) mass is 269 g/mol. The number of nitrogens with one attached hydrogen (secondary N) is 2. The molecular weight excluding hydrogens is 257 g/mol. The molecule has 0 aliphatic carbocycles. The summed E-state index contributed by atoms with van der Waals surface area (Å²) in [6.45, 7) is 1.84. The van der Waals surface area contributed by atoms with Crippen molar-refractivity contribution in [3.63, 3.8) is 0 Å². The molecule has 20 heavy (non-hydrogen) atoms. The Balaban J connectivity index is 2.04. The number of amides is 1. The average molecular weight is 269 g/mol. The fraction of sp³-hybridized carbons (Fsp3) is 0.0667. The van der Waals surface area contributed by atoms with Crippen LogP contribution in [0.1, 0.15) is 15.9 Å². The Kier molecular flexibility index (Phi) is 2.95. The molecule has 3 aromatic rings. The van der Waals surface area contributed by atoms with E-state index in [2.05, 4.69) is 15.5 Å². The second-order valence-electron chi connectivity index (χ2n) is 4.52. The Morgan fingerprint density at radius 3 is 2.65 bits per heavy atom. The third-order valence-electron chi connectivity index (χ3n) is 3.18. The molecule has 0 fully saturated rings. The van der Waals surface area contributed by atoms with Gasteiger partial charge in [0.15, 0.2) is 0 Å². The van der Waals surface area contributed by atoms with E-state index in [0.717, 1.165) is 5.56 Å². The van der Waals surface area contributed by atoms with Gasteiger partial charge in [-0.25, -0.2) is 4.39 Å². The first-order valence-electron chi connectivity index (χ1n) is 6.15. The Hall–Kier alpha value is -2.69. The van der Waals surface area contributed by atoms with Crippen molar-refractivity contribution in [3.8, 4) is 0 Å². The summed E-state index contributed by atoms with van der Waals surface area (Å²) in [6, 6.07) is 9.69. The van der Waals surface area contributed by atoms with Gasteiger partial charge in [0.2, 0.25) is 0 Å². The maximum atomic E-state index is 13.7. The Labute approximate surface area is 114 Å². The Morgan fingerprint density at radius 2 is 1.95 bits per heavy atom. The quantitative estimate of drug-likeness (QED) is 0.750. The number of halogens is 1. The van der Waals surface area contributed by atoms with Gasteiger partial charge in [-0.1, -0.05) is 24.3 Å². The SMILES string of the molecule is Cc1cn[nH]c1NC(=O)c1ccc(F)c2ccccc12. The largest absolute Gasteiger partial charge is 0.307 e. The van der Waals surface area contributed by atoms with E-state index in [1.807, 2.05) is 6.92 Å². The molecule has 0 unspecified atom stereocenters. The number of hydrogen-bond acceptors (Lipinski definition) is 2. The minimum atomic E-state index is -0.338. The second kappa shape index (κ2) is 4.77. The van der Waals surface area contributed by atoms with Gasteiger partial charge in [-0.3, -0.25) is 9.89 Å². The maximum Gasteiger partial charge on any atom is 0.257 e. The van der Waals surface area contributed by atoms with E-state index in [9.17, 15) is 9.18 Å². The molecule has 1 heterocycles. The van der Waals surface area contributed by atoms with Gasteiger partial charge in [0.05, 0.1) is 6.20 Å². The molecule has 0 bridgehead atoms. The molecule has 0 aliphatic rings. The molecule has 1 amide bonds. The summed E-state index contributed by atoms with van der Waals surface area (Å²) in [5.74, 6) is -0.0909. The number of H-pyrrole nitrogens is 1. The lowest BCUT2D eigenvalue weighted by Crippen LogP contribution is -2.13. The molecule has 0 saturated carbocycles. The normalized spacial score (nSPS) is 10.7. The fourth-order valence-corrected chi connectivity index (χ4v) is 2.11. The van der Waals surface area contributed by atoms with Crippen LogP contribution in [0.2, 0.25) is 0 Å². The van der Waals surface area contributed by atoms with Crippen LogP contribution >= 0.6 is 0 Å². The minimum absolute atomic E-state index is 0.298. The topological polar surface area (TPSA) is 57.8 Å². The van der Waals surface area contributed by atoms with Gasteiger partial charge < -0.3 is 5.32 Å². The fourth-order valence-electron chi connectivity index (χ4n) is 2.11. The van der Waals surface area contributed by atoms with Gasteiger partial charge in [0.25, 0.3) is 5.91 Å². The number of aromatic nitrogens is 2. The zero-order chi connectivity index (χ0) is 14.1. The van der Waals surface area contributed by atoms with Crippen LogP contribution in [0.15, 0.2) is 42.6 Å². The first-order chi connectivity index (χ1) is 9.66. The summed E-state index contributed by atoms with van der Waals surface area (Å²) in [4.78, 5) is 12.3. The van der Waals surface area contributed by atoms with Crippen molar-refractivity contribution in [2.24, 2.45) is 0 Å². The number of benzene rings is 2. The van der Waals surface area contributed by atoms with Crippen molar-refractivity contribution in [1.82, 2.24) is 10.2 Å². The van der Waals surface area contributed by atoms with Crippen molar-refractivity contribution < 1.29 is 9.18 Å². The summed E-state index contributed by atoms with van der Waals surface area (Å²) < 4.78 is 13.7.